The lowest BCUT2D eigenvalue weighted by atomic mass is 9.99. The molecule has 1 N–H and O–H groups in total. The quantitative estimate of drug-likeness (QED) is 0.741. The maximum atomic E-state index is 13.5. The summed E-state index contributed by atoms with van der Waals surface area (Å²) in [5.74, 6) is 0.857. The van der Waals surface area contributed by atoms with Crippen LogP contribution < -0.4 is 5.32 Å². The number of aromatic nitrogens is 2. The number of hydrogen-bond donors (Lipinski definition) is 1. The summed E-state index contributed by atoms with van der Waals surface area (Å²) in [6.45, 7) is 4.41. The van der Waals surface area contributed by atoms with E-state index in [9.17, 15) is 4.79 Å². The smallest absolute Gasteiger partial charge is 0.254 e. The van der Waals surface area contributed by atoms with Gasteiger partial charge in [0.25, 0.3) is 5.91 Å². The minimum absolute atomic E-state index is 0.0742. The number of amides is 1. The minimum Gasteiger partial charge on any atom is -0.378 e. The van der Waals surface area contributed by atoms with Crippen LogP contribution in [0.5, 0.6) is 0 Å². The van der Waals surface area contributed by atoms with Gasteiger partial charge in [-0.3, -0.25) is 9.36 Å². The average molecular weight is 380 g/mol. The van der Waals surface area contributed by atoms with E-state index in [1.807, 2.05) is 36.1 Å². The van der Waals surface area contributed by atoms with E-state index in [1.165, 1.54) is 0 Å². The fourth-order valence-corrected chi connectivity index (χ4v) is 4.72. The number of nitrogens with zero attached hydrogens (tertiary/aromatic N) is 3. The molecule has 1 aromatic carbocycles. The number of anilines is 1. The monoisotopic (exact) mass is 380 g/mol. The average Bonchev–Trinajstić information content (AvgIpc) is 3.35. The lowest BCUT2D eigenvalue weighted by Gasteiger charge is -2.34. The zero-order chi connectivity index (χ0) is 18.4. The number of allylic oxidation sites excluding steroid dienone is 1. The number of carbonyl (C=O) groups excluding carboxylic acids is 1. The van der Waals surface area contributed by atoms with Crippen LogP contribution in [-0.2, 0) is 9.53 Å². The Hall–Kier alpha value is -2.64. The molecule has 138 valence electrons. The summed E-state index contributed by atoms with van der Waals surface area (Å²) in [5.41, 5.74) is 3.61. The number of ether oxygens (including phenoxy) is 1. The SMILES string of the molecule is CC1=C(C(=O)N2CCOCC2)C(c2cccs2)n2c(nc3ccccc32)N1. The van der Waals surface area contributed by atoms with E-state index >= 15 is 0 Å². The molecule has 0 radical (unpaired) electrons. The van der Waals surface area contributed by atoms with Gasteiger partial charge in [-0.05, 0) is 30.5 Å². The van der Waals surface area contributed by atoms with E-state index in [1.54, 1.807) is 11.3 Å². The molecular formula is C20H20N4O2S. The van der Waals surface area contributed by atoms with E-state index in [-0.39, 0.29) is 11.9 Å². The summed E-state index contributed by atoms with van der Waals surface area (Å²) in [7, 11) is 0. The second-order valence-electron chi connectivity index (χ2n) is 6.78. The lowest BCUT2D eigenvalue weighted by Crippen LogP contribution is -2.44. The first kappa shape index (κ1) is 16.5. The van der Waals surface area contributed by atoms with Gasteiger partial charge < -0.3 is 15.0 Å². The van der Waals surface area contributed by atoms with Crippen molar-refractivity contribution in [1.82, 2.24) is 14.5 Å². The maximum Gasteiger partial charge on any atom is 0.254 e. The predicted molar refractivity (Wildman–Crippen MR) is 106 cm³/mol. The predicted octanol–water partition coefficient (Wildman–Crippen LogP) is 3.25. The molecule has 0 saturated carbocycles. The van der Waals surface area contributed by atoms with Gasteiger partial charge in [0, 0.05) is 23.7 Å². The molecule has 1 amide bonds. The number of rotatable bonds is 2. The first-order chi connectivity index (χ1) is 13.2. The van der Waals surface area contributed by atoms with Crippen molar-refractivity contribution in [2.45, 2.75) is 13.0 Å². The molecule has 0 aliphatic carbocycles. The molecule has 27 heavy (non-hydrogen) atoms. The van der Waals surface area contributed by atoms with Crippen molar-refractivity contribution in [3.63, 3.8) is 0 Å². The highest BCUT2D eigenvalue weighted by molar-refractivity contribution is 7.10. The molecule has 2 aliphatic rings. The molecule has 5 rings (SSSR count). The van der Waals surface area contributed by atoms with E-state index in [2.05, 4.69) is 27.4 Å². The van der Waals surface area contributed by atoms with Crippen LogP contribution in [-0.4, -0.2) is 46.7 Å². The molecule has 7 heteroatoms. The molecule has 0 spiro atoms. The highest BCUT2D eigenvalue weighted by Crippen LogP contribution is 2.41. The molecule has 1 unspecified atom stereocenters. The van der Waals surface area contributed by atoms with Crippen molar-refractivity contribution in [3.05, 3.63) is 57.9 Å². The summed E-state index contributed by atoms with van der Waals surface area (Å²) < 4.78 is 7.58. The Kier molecular flexibility index (Phi) is 3.98. The van der Waals surface area contributed by atoms with Crippen molar-refractivity contribution >= 4 is 34.2 Å². The minimum atomic E-state index is -0.177. The van der Waals surface area contributed by atoms with E-state index in [0.717, 1.165) is 33.1 Å². The highest BCUT2D eigenvalue weighted by atomic mass is 32.1. The summed E-state index contributed by atoms with van der Waals surface area (Å²) in [6.07, 6.45) is 0. The molecule has 2 aliphatic heterocycles. The van der Waals surface area contributed by atoms with Crippen LogP contribution in [0.3, 0.4) is 0 Å². The molecule has 1 fully saturated rings. The summed E-state index contributed by atoms with van der Waals surface area (Å²) in [4.78, 5) is 21.3. The lowest BCUT2D eigenvalue weighted by molar-refractivity contribution is -0.131. The second kappa shape index (κ2) is 6.51. The zero-order valence-electron chi connectivity index (χ0n) is 15.0. The van der Waals surface area contributed by atoms with Gasteiger partial charge in [-0.1, -0.05) is 18.2 Å². The van der Waals surface area contributed by atoms with Crippen LogP contribution in [0.4, 0.5) is 5.95 Å². The summed E-state index contributed by atoms with van der Waals surface area (Å²) in [6, 6.07) is 12.0. The van der Waals surface area contributed by atoms with Crippen LogP contribution in [0, 0.1) is 0 Å². The van der Waals surface area contributed by atoms with Gasteiger partial charge in [-0.15, -0.1) is 11.3 Å². The van der Waals surface area contributed by atoms with Crippen LogP contribution in [0.15, 0.2) is 53.0 Å². The van der Waals surface area contributed by atoms with Crippen LogP contribution in [0.25, 0.3) is 11.0 Å². The number of nitrogens with one attached hydrogen (secondary N) is 1. The third-order valence-corrected chi connectivity index (χ3v) is 6.10. The Balaban J connectivity index is 1.68. The van der Waals surface area contributed by atoms with Crippen LogP contribution >= 0.6 is 11.3 Å². The molecule has 2 aromatic heterocycles. The van der Waals surface area contributed by atoms with Gasteiger partial charge in [0.1, 0.15) is 6.04 Å². The number of para-hydroxylation sites is 2. The van der Waals surface area contributed by atoms with E-state index < -0.39 is 0 Å². The summed E-state index contributed by atoms with van der Waals surface area (Å²) >= 11 is 1.67. The third-order valence-electron chi connectivity index (χ3n) is 5.17. The van der Waals surface area contributed by atoms with Crippen molar-refractivity contribution in [2.24, 2.45) is 0 Å². The first-order valence-corrected chi connectivity index (χ1v) is 9.97. The van der Waals surface area contributed by atoms with Gasteiger partial charge in [0.15, 0.2) is 0 Å². The molecule has 1 saturated heterocycles. The fraction of sp³-hybridized carbons (Fsp3) is 0.300. The number of thiophene rings is 1. The highest BCUT2D eigenvalue weighted by Gasteiger charge is 2.36. The molecule has 3 aromatic rings. The second-order valence-corrected chi connectivity index (χ2v) is 7.76. The first-order valence-electron chi connectivity index (χ1n) is 9.09. The Bertz CT molecular complexity index is 1030. The number of benzene rings is 1. The number of fused-ring (bicyclic) bond motifs is 3. The third kappa shape index (κ3) is 2.65. The number of hydrogen-bond acceptors (Lipinski definition) is 5. The normalized spacial score (nSPS) is 19.9. The topological polar surface area (TPSA) is 59.4 Å². The largest absolute Gasteiger partial charge is 0.378 e. The number of imidazole rings is 1. The van der Waals surface area contributed by atoms with Crippen molar-refractivity contribution in [3.8, 4) is 0 Å². The zero-order valence-corrected chi connectivity index (χ0v) is 15.8. The van der Waals surface area contributed by atoms with Gasteiger partial charge >= 0.3 is 0 Å². The van der Waals surface area contributed by atoms with Crippen LogP contribution in [0.1, 0.15) is 17.8 Å². The van der Waals surface area contributed by atoms with Gasteiger partial charge in [0.2, 0.25) is 5.95 Å². The van der Waals surface area contributed by atoms with Crippen molar-refractivity contribution in [1.29, 1.82) is 0 Å². The molecule has 1 atom stereocenters. The molecule has 4 heterocycles. The maximum absolute atomic E-state index is 13.5. The Morgan fingerprint density at radius 2 is 2.04 bits per heavy atom. The Morgan fingerprint density at radius 1 is 1.22 bits per heavy atom. The van der Waals surface area contributed by atoms with Gasteiger partial charge in [-0.2, -0.15) is 0 Å². The number of carbonyl (C=O) groups is 1. The van der Waals surface area contributed by atoms with Crippen molar-refractivity contribution in [2.75, 3.05) is 31.6 Å². The van der Waals surface area contributed by atoms with Gasteiger partial charge in [0.05, 0.1) is 29.8 Å². The standard InChI is InChI=1S/C20H20N4O2S/c1-13-17(19(25)23-8-10-26-11-9-23)18(16-7-4-12-27-16)24-15-6-3-2-5-14(15)22-20(24)21-13/h2-7,12,18H,8-11H2,1H3,(H,21,22). The van der Waals surface area contributed by atoms with Gasteiger partial charge in [-0.25, -0.2) is 4.98 Å². The molecule has 6 nitrogen and oxygen atoms in total. The Labute approximate surface area is 161 Å². The van der Waals surface area contributed by atoms with E-state index in [0.29, 0.717) is 26.3 Å². The Morgan fingerprint density at radius 3 is 2.81 bits per heavy atom. The van der Waals surface area contributed by atoms with Crippen molar-refractivity contribution < 1.29 is 9.53 Å². The number of morpholine rings is 1. The summed E-state index contributed by atoms with van der Waals surface area (Å²) in [5, 5.41) is 5.43. The molecule has 0 bridgehead atoms. The molecular weight excluding hydrogens is 360 g/mol. The van der Waals surface area contributed by atoms with E-state index in [4.69, 9.17) is 9.72 Å². The fourth-order valence-electron chi connectivity index (χ4n) is 3.89. The van der Waals surface area contributed by atoms with Crippen LogP contribution in [0.2, 0.25) is 0 Å².